The second-order valence-corrected chi connectivity index (χ2v) is 5.33. The fourth-order valence-electron chi connectivity index (χ4n) is 1.61. The second kappa shape index (κ2) is 4.44. The Labute approximate surface area is 106 Å². The molecule has 1 aliphatic heterocycles. The molecule has 1 aliphatic rings. The van der Waals surface area contributed by atoms with Crippen LogP contribution < -0.4 is 4.74 Å². The summed E-state index contributed by atoms with van der Waals surface area (Å²) in [7, 11) is 0. The topological polar surface area (TPSA) is 52.6 Å². The highest BCUT2D eigenvalue weighted by atomic mass is 16.7. The maximum absolute atomic E-state index is 11.9. The summed E-state index contributed by atoms with van der Waals surface area (Å²) in [5.41, 5.74) is -0.0656. The van der Waals surface area contributed by atoms with Crippen molar-refractivity contribution in [2.45, 2.75) is 33.5 Å². The van der Waals surface area contributed by atoms with Crippen molar-refractivity contribution < 1.29 is 19.1 Å². The van der Waals surface area contributed by atoms with Crippen LogP contribution in [-0.4, -0.2) is 18.0 Å². The molecule has 0 N–H and O–H groups in total. The third-order valence-corrected chi connectivity index (χ3v) is 2.65. The van der Waals surface area contributed by atoms with Gasteiger partial charge in [-0.3, -0.25) is 9.59 Å². The molecule has 0 saturated heterocycles. The number of fused-ring (bicyclic) bond motifs is 1. The van der Waals surface area contributed by atoms with Crippen molar-refractivity contribution in [3.8, 4) is 5.75 Å². The van der Waals surface area contributed by atoms with Crippen molar-refractivity contribution in [1.29, 1.82) is 0 Å². The summed E-state index contributed by atoms with van der Waals surface area (Å²) in [6.07, 6.45) is -0.752. The maximum Gasteiger partial charge on any atom is 0.314 e. The smallest absolute Gasteiger partial charge is 0.314 e. The lowest BCUT2D eigenvalue weighted by atomic mass is 9.97. The molecule has 0 fully saturated rings. The quantitative estimate of drug-likeness (QED) is 0.717. The minimum absolute atomic E-state index is 0.0661. The molecule has 2 rings (SSSR count). The first-order valence-electron chi connectivity index (χ1n) is 5.88. The Morgan fingerprint density at radius 2 is 2.00 bits per heavy atom. The molecule has 1 aromatic rings. The summed E-state index contributed by atoms with van der Waals surface area (Å²) in [5, 5.41) is 0. The molecule has 4 heteroatoms. The third-order valence-electron chi connectivity index (χ3n) is 2.65. The van der Waals surface area contributed by atoms with E-state index in [1.165, 1.54) is 0 Å². The molecule has 0 amide bonds. The fourth-order valence-corrected chi connectivity index (χ4v) is 1.61. The minimum Gasteiger partial charge on any atom is -0.454 e. The first-order chi connectivity index (χ1) is 8.38. The highest BCUT2D eigenvalue weighted by Crippen LogP contribution is 2.28. The van der Waals surface area contributed by atoms with Crippen LogP contribution in [0.5, 0.6) is 5.75 Å². The van der Waals surface area contributed by atoms with Crippen molar-refractivity contribution in [2.75, 3.05) is 0 Å². The SMILES string of the molecule is CC(C)(C)C(=O)OC1CC(=O)c2ccccc2O1. The second-order valence-electron chi connectivity index (χ2n) is 5.33. The molecule has 0 bridgehead atoms. The number of Topliss-reactive ketones (excluding diaryl/α,β-unsaturated/α-hetero) is 1. The van der Waals surface area contributed by atoms with E-state index >= 15 is 0 Å². The first kappa shape index (κ1) is 12.6. The summed E-state index contributed by atoms with van der Waals surface area (Å²) in [6.45, 7) is 5.27. The summed E-state index contributed by atoms with van der Waals surface area (Å²) in [6, 6.07) is 6.96. The van der Waals surface area contributed by atoms with Gasteiger partial charge in [-0.25, -0.2) is 0 Å². The van der Waals surface area contributed by atoms with E-state index < -0.39 is 11.7 Å². The highest BCUT2D eigenvalue weighted by Gasteiger charge is 2.32. The van der Waals surface area contributed by atoms with E-state index in [0.717, 1.165) is 0 Å². The fraction of sp³-hybridized carbons (Fsp3) is 0.429. The molecular formula is C14H16O4. The Morgan fingerprint density at radius 1 is 1.33 bits per heavy atom. The van der Waals surface area contributed by atoms with Crippen LogP contribution in [0.4, 0.5) is 0 Å². The van der Waals surface area contributed by atoms with Crippen LogP contribution in [0.15, 0.2) is 24.3 Å². The van der Waals surface area contributed by atoms with Crippen molar-refractivity contribution in [2.24, 2.45) is 5.41 Å². The number of ketones is 1. The molecule has 18 heavy (non-hydrogen) atoms. The van der Waals surface area contributed by atoms with Gasteiger partial charge >= 0.3 is 5.97 Å². The van der Waals surface area contributed by atoms with E-state index in [1.54, 1.807) is 45.0 Å². The van der Waals surface area contributed by atoms with Gasteiger partial charge in [-0.05, 0) is 32.9 Å². The van der Waals surface area contributed by atoms with Crippen molar-refractivity contribution in [3.63, 3.8) is 0 Å². The van der Waals surface area contributed by atoms with E-state index in [1.807, 2.05) is 0 Å². The van der Waals surface area contributed by atoms with Gasteiger partial charge in [-0.2, -0.15) is 0 Å². The zero-order valence-corrected chi connectivity index (χ0v) is 10.7. The van der Waals surface area contributed by atoms with Crippen LogP contribution in [0.25, 0.3) is 0 Å². The number of ether oxygens (including phenoxy) is 2. The minimum atomic E-state index is -0.820. The van der Waals surface area contributed by atoms with E-state index in [9.17, 15) is 9.59 Å². The molecule has 4 nitrogen and oxygen atoms in total. The molecule has 0 spiro atoms. The molecule has 0 radical (unpaired) electrons. The Hall–Kier alpha value is -1.84. The Morgan fingerprint density at radius 3 is 2.67 bits per heavy atom. The van der Waals surface area contributed by atoms with Gasteiger partial charge in [0.1, 0.15) is 5.75 Å². The van der Waals surface area contributed by atoms with Gasteiger partial charge in [0.25, 0.3) is 6.29 Å². The van der Waals surface area contributed by atoms with Gasteiger partial charge in [0, 0.05) is 0 Å². The van der Waals surface area contributed by atoms with Crippen molar-refractivity contribution >= 4 is 11.8 Å². The van der Waals surface area contributed by atoms with E-state index in [2.05, 4.69) is 0 Å². The average Bonchev–Trinajstić information content (AvgIpc) is 2.27. The van der Waals surface area contributed by atoms with Gasteiger partial charge in [0.2, 0.25) is 0 Å². The normalized spacial score (nSPS) is 18.8. The third kappa shape index (κ3) is 2.53. The van der Waals surface area contributed by atoms with Crippen LogP contribution in [0, 0.1) is 5.41 Å². The monoisotopic (exact) mass is 248 g/mol. The lowest BCUT2D eigenvalue weighted by Gasteiger charge is -2.27. The zero-order valence-electron chi connectivity index (χ0n) is 10.7. The number of carbonyl (C=O) groups excluding carboxylic acids is 2. The Balaban J connectivity index is 2.12. The van der Waals surface area contributed by atoms with Gasteiger partial charge < -0.3 is 9.47 Å². The molecular weight excluding hydrogens is 232 g/mol. The number of hydrogen-bond acceptors (Lipinski definition) is 4. The maximum atomic E-state index is 11.9. The van der Waals surface area contributed by atoms with Crippen LogP contribution in [0.1, 0.15) is 37.6 Å². The zero-order chi connectivity index (χ0) is 13.3. The number of carbonyl (C=O) groups is 2. The van der Waals surface area contributed by atoms with Crippen LogP contribution in [-0.2, 0) is 9.53 Å². The molecule has 1 aromatic carbocycles. The number of esters is 1. The van der Waals surface area contributed by atoms with E-state index in [4.69, 9.17) is 9.47 Å². The number of para-hydroxylation sites is 1. The predicted octanol–water partition coefficient (Wildman–Crippen LogP) is 2.57. The standard InChI is InChI=1S/C14H16O4/c1-14(2,3)13(16)18-12-8-10(15)9-6-4-5-7-11(9)17-12/h4-7,12H,8H2,1-3H3. The molecule has 96 valence electrons. The summed E-state index contributed by atoms with van der Waals surface area (Å²) < 4.78 is 10.7. The largest absolute Gasteiger partial charge is 0.454 e. The summed E-state index contributed by atoms with van der Waals surface area (Å²) in [5.74, 6) is 0.0312. The lowest BCUT2D eigenvalue weighted by molar-refractivity contribution is -0.173. The Kier molecular flexibility index (Phi) is 3.11. The average molecular weight is 248 g/mol. The molecule has 0 aliphatic carbocycles. The lowest BCUT2D eigenvalue weighted by Crippen LogP contribution is -2.35. The van der Waals surface area contributed by atoms with Crippen LogP contribution in [0.3, 0.4) is 0 Å². The summed E-state index contributed by atoms with van der Waals surface area (Å²) >= 11 is 0. The molecule has 1 unspecified atom stereocenters. The molecule has 1 heterocycles. The predicted molar refractivity (Wildman–Crippen MR) is 65.4 cm³/mol. The highest BCUT2D eigenvalue weighted by molar-refractivity contribution is 5.99. The molecule has 0 aromatic heterocycles. The van der Waals surface area contributed by atoms with Crippen molar-refractivity contribution in [3.05, 3.63) is 29.8 Å². The van der Waals surface area contributed by atoms with Crippen molar-refractivity contribution in [1.82, 2.24) is 0 Å². The van der Waals surface area contributed by atoms with E-state index in [0.29, 0.717) is 11.3 Å². The first-order valence-corrected chi connectivity index (χ1v) is 5.88. The van der Waals surface area contributed by atoms with Gasteiger partial charge in [0.05, 0.1) is 17.4 Å². The number of benzene rings is 1. The molecule has 0 saturated carbocycles. The van der Waals surface area contributed by atoms with Gasteiger partial charge in [-0.1, -0.05) is 12.1 Å². The Bertz CT molecular complexity index is 485. The van der Waals surface area contributed by atoms with Gasteiger partial charge in [0.15, 0.2) is 5.78 Å². The van der Waals surface area contributed by atoms with E-state index in [-0.39, 0.29) is 18.2 Å². The van der Waals surface area contributed by atoms with Crippen LogP contribution >= 0.6 is 0 Å². The van der Waals surface area contributed by atoms with Gasteiger partial charge in [-0.15, -0.1) is 0 Å². The summed E-state index contributed by atoms with van der Waals surface area (Å²) in [4.78, 5) is 23.6. The molecule has 1 atom stereocenters. The number of hydrogen-bond donors (Lipinski definition) is 0. The van der Waals surface area contributed by atoms with Crippen LogP contribution in [0.2, 0.25) is 0 Å². The number of rotatable bonds is 1.